The number of carbonyl (C=O) groups excluding carboxylic acids is 2. The molecule has 1 aliphatic rings. The number of nitrogens with one attached hydrogen (secondary N) is 1. The molecular weight excluding hydrogens is 312 g/mol. The minimum absolute atomic E-state index is 0.00503. The summed E-state index contributed by atoms with van der Waals surface area (Å²) in [7, 11) is 0. The van der Waals surface area contributed by atoms with Crippen LogP contribution in [0.1, 0.15) is 13.3 Å². The van der Waals surface area contributed by atoms with Crippen LogP contribution >= 0.6 is 34.8 Å². The number of halogens is 3. The molecule has 1 N–H and O–H groups in total. The molecule has 2 rings (SSSR count). The van der Waals surface area contributed by atoms with E-state index in [1.807, 2.05) is 6.92 Å². The van der Waals surface area contributed by atoms with Crippen molar-refractivity contribution in [2.24, 2.45) is 0 Å². The molecule has 0 aliphatic carbocycles. The van der Waals surface area contributed by atoms with Gasteiger partial charge in [0, 0.05) is 0 Å². The maximum atomic E-state index is 11.8. The van der Waals surface area contributed by atoms with Gasteiger partial charge in [-0.25, -0.2) is 4.98 Å². The lowest BCUT2D eigenvalue weighted by molar-refractivity contribution is -0.132. The van der Waals surface area contributed by atoms with Crippen molar-refractivity contribution >= 4 is 52.4 Å². The zero-order valence-electron chi connectivity index (χ0n) is 9.91. The van der Waals surface area contributed by atoms with E-state index in [9.17, 15) is 9.59 Å². The van der Waals surface area contributed by atoms with Crippen molar-refractivity contribution in [3.05, 3.63) is 21.3 Å². The number of carbonyl (C=O) groups is 2. The first kappa shape index (κ1) is 14.4. The summed E-state index contributed by atoms with van der Waals surface area (Å²) in [5, 5.41) is 2.82. The lowest BCUT2D eigenvalue weighted by Crippen LogP contribution is -2.58. The monoisotopic (exact) mass is 321 g/mol. The SMILES string of the molecule is CCC1C(=O)NC(=O)CN1c1nc(Cl)c(Cl)cc1Cl. The quantitative estimate of drug-likeness (QED) is 0.670. The summed E-state index contributed by atoms with van der Waals surface area (Å²) in [6.45, 7) is 1.83. The van der Waals surface area contributed by atoms with E-state index >= 15 is 0 Å². The number of piperazine rings is 1. The van der Waals surface area contributed by atoms with Crippen molar-refractivity contribution in [1.82, 2.24) is 10.3 Å². The molecule has 1 aromatic rings. The Morgan fingerprint density at radius 2 is 2.05 bits per heavy atom. The molecule has 1 aromatic heterocycles. The highest BCUT2D eigenvalue weighted by atomic mass is 35.5. The Labute approximate surface area is 124 Å². The summed E-state index contributed by atoms with van der Waals surface area (Å²) >= 11 is 17.7. The maximum absolute atomic E-state index is 11.8. The van der Waals surface area contributed by atoms with Crippen LogP contribution < -0.4 is 10.2 Å². The maximum Gasteiger partial charge on any atom is 0.249 e. The summed E-state index contributed by atoms with van der Waals surface area (Å²) in [5.41, 5.74) is 0. The minimum Gasteiger partial charge on any atom is -0.334 e. The van der Waals surface area contributed by atoms with Gasteiger partial charge >= 0.3 is 0 Å². The van der Waals surface area contributed by atoms with Crippen molar-refractivity contribution in [2.75, 3.05) is 11.4 Å². The number of pyridine rings is 1. The van der Waals surface area contributed by atoms with E-state index in [0.29, 0.717) is 6.42 Å². The first-order chi connectivity index (χ1) is 8.93. The second-order valence-electron chi connectivity index (χ2n) is 4.03. The normalized spacial score (nSPS) is 19.6. The summed E-state index contributed by atoms with van der Waals surface area (Å²) in [6.07, 6.45) is 0.511. The van der Waals surface area contributed by atoms with Crippen LogP contribution in [0.5, 0.6) is 0 Å². The Bertz CT molecular complexity index is 550. The topological polar surface area (TPSA) is 62.3 Å². The summed E-state index contributed by atoms with van der Waals surface area (Å²) in [4.78, 5) is 28.8. The average molecular weight is 323 g/mol. The summed E-state index contributed by atoms with van der Waals surface area (Å²) in [6, 6.07) is 0.928. The van der Waals surface area contributed by atoms with E-state index in [4.69, 9.17) is 34.8 Å². The van der Waals surface area contributed by atoms with Gasteiger partial charge in [-0.15, -0.1) is 0 Å². The predicted octanol–water partition coefficient (Wildman–Crippen LogP) is 2.28. The minimum atomic E-state index is -0.514. The molecule has 0 bridgehead atoms. The number of aromatic nitrogens is 1. The van der Waals surface area contributed by atoms with Crippen LogP contribution in [0, 0.1) is 0 Å². The van der Waals surface area contributed by atoms with Gasteiger partial charge in [-0.05, 0) is 12.5 Å². The molecule has 0 aromatic carbocycles. The number of hydrogen-bond acceptors (Lipinski definition) is 4. The molecule has 1 aliphatic heterocycles. The Morgan fingerprint density at radius 1 is 1.37 bits per heavy atom. The van der Waals surface area contributed by atoms with Gasteiger partial charge in [0.2, 0.25) is 11.8 Å². The molecule has 19 heavy (non-hydrogen) atoms. The standard InChI is InChI=1S/C11H10Cl3N3O2/c1-2-7-11(19)15-8(18)4-17(7)10-6(13)3-5(12)9(14)16-10/h3,7H,2,4H2,1H3,(H,15,18,19). The van der Waals surface area contributed by atoms with Crippen molar-refractivity contribution in [3.8, 4) is 0 Å². The summed E-state index contributed by atoms with van der Waals surface area (Å²) in [5.74, 6) is -0.493. The van der Waals surface area contributed by atoms with Gasteiger partial charge in [0.05, 0.1) is 16.6 Å². The van der Waals surface area contributed by atoms with Crippen molar-refractivity contribution in [3.63, 3.8) is 0 Å². The fourth-order valence-corrected chi connectivity index (χ4v) is 2.53. The molecule has 0 radical (unpaired) electrons. The highest BCUT2D eigenvalue weighted by Gasteiger charge is 2.34. The Hall–Kier alpha value is -1.04. The third kappa shape index (κ3) is 2.78. The van der Waals surface area contributed by atoms with Crippen LogP contribution in [0.3, 0.4) is 0 Å². The van der Waals surface area contributed by atoms with Crippen molar-refractivity contribution in [2.45, 2.75) is 19.4 Å². The molecule has 1 unspecified atom stereocenters. The van der Waals surface area contributed by atoms with Gasteiger partial charge in [-0.2, -0.15) is 0 Å². The molecule has 1 fully saturated rings. The van der Waals surface area contributed by atoms with Gasteiger partial charge < -0.3 is 4.90 Å². The Morgan fingerprint density at radius 3 is 2.68 bits per heavy atom. The molecule has 1 atom stereocenters. The average Bonchev–Trinajstić information content (AvgIpc) is 2.33. The zero-order chi connectivity index (χ0) is 14.2. The highest BCUT2D eigenvalue weighted by Crippen LogP contribution is 2.33. The van der Waals surface area contributed by atoms with Gasteiger partial charge in [0.1, 0.15) is 17.0 Å². The number of amides is 2. The van der Waals surface area contributed by atoms with Crippen LogP contribution in [-0.2, 0) is 9.59 Å². The lowest BCUT2D eigenvalue weighted by atomic mass is 10.1. The molecule has 1 saturated heterocycles. The number of anilines is 1. The molecule has 5 nitrogen and oxygen atoms in total. The number of hydrogen-bond donors (Lipinski definition) is 1. The van der Waals surface area contributed by atoms with Crippen LogP contribution in [-0.4, -0.2) is 29.4 Å². The first-order valence-electron chi connectivity index (χ1n) is 5.56. The Kier molecular flexibility index (Phi) is 4.18. The van der Waals surface area contributed by atoms with Crippen LogP contribution in [0.4, 0.5) is 5.82 Å². The molecule has 8 heteroatoms. The third-order valence-corrected chi connectivity index (χ3v) is 3.73. The molecule has 102 valence electrons. The van der Waals surface area contributed by atoms with E-state index in [0.717, 1.165) is 0 Å². The zero-order valence-corrected chi connectivity index (χ0v) is 12.2. The van der Waals surface area contributed by atoms with Gasteiger partial charge in [0.15, 0.2) is 0 Å². The second-order valence-corrected chi connectivity index (χ2v) is 5.20. The van der Waals surface area contributed by atoms with Gasteiger partial charge in [-0.1, -0.05) is 41.7 Å². The van der Waals surface area contributed by atoms with Gasteiger partial charge in [0.25, 0.3) is 0 Å². The second kappa shape index (κ2) is 5.53. The van der Waals surface area contributed by atoms with Crippen LogP contribution in [0.15, 0.2) is 6.07 Å². The number of imide groups is 1. The Balaban J connectivity index is 2.46. The van der Waals surface area contributed by atoms with Crippen molar-refractivity contribution in [1.29, 1.82) is 0 Å². The molecule has 0 spiro atoms. The highest BCUT2D eigenvalue weighted by molar-refractivity contribution is 6.43. The molecular formula is C11H10Cl3N3O2. The smallest absolute Gasteiger partial charge is 0.249 e. The summed E-state index contributed by atoms with van der Waals surface area (Å²) < 4.78 is 0. The fourth-order valence-electron chi connectivity index (χ4n) is 1.93. The molecule has 2 amide bonds. The van der Waals surface area contributed by atoms with Gasteiger partial charge in [-0.3, -0.25) is 14.9 Å². The van der Waals surface area contributed by atoms with E-state index in [-0.39, 0.29) is 33.5 Å². The van der Waals surface area contributed by atoms with E-state index in [2.05, 4.69) is 10.3 Å². The molecule has 0 saturated carbocycles. The van der Waals surface area contributed by atoms with Crippen LogP contribution in [0.25, 0.3) is 0 Å². The van der Waals surface area contributed by atoms with Crippen molar-refractivity contribution < 1.29 is 9.59 Å². The first-order valence-corrected chi connectivity index (χ1v) is 6.69. The van der Waals surface area contributed by atoms with Crippen LogP contribution in [0.2, 0.25) is 15.2 Å². The molecule has 2 heterocycles. The fraction of sp³-hybridized carbons (Fsp3) is 0.364. The lowest BCUT2D eigenvalue weighted by Gasteiger charge is -2.34. The number of rotatable bonds is 2. The van der Waals surface area contributed by atoms with E-state index in [1.165, 1.54) is 11.0 Å². The van der Waals surface area contributed by atoms with E-state index < -0.39 is 11.9 Å². The predicted molar refractivity (Wildman–Crippen MR) is 73.8 cm³/mol. The van der Waals surface area contributed by atoms with E-state index in [1.54, 1.807) is 0 Å². The number of nitrogens with zero attached hydrogens (tertiary/aromatic N) is 2. The largest absolute Gasteiger partial charge is 0.334 e. The third-order valence-electron chi connectivity index (χ3n) is 2.78.